The van der Waals surface area contributed by atoms with E-state index in [1.807, 2.05) is 4.90 Å². The average Bonchev–Trinajstić information content (AvgIpc) is 2.89. The Labute approximate surface area is 133 Å². The Hall–Kier alpha value is -0.650. The number of halogens is 3. The van der Waals surface area contributed by atoms with Crippen molar-refractivity contribution in [1.82, 2.24) is 10.2 Å². The van der Waals surface area contributed by atoms with Crippen LogP contribution in [0.1, 0.15) is 30.1 Å². The predicted octanol–water partition coefficient (Wildman–Crippen LogP) is 3.22. The van der Waals surface area contributed by atoms with Crippen molar-refractivity contribution < 1.29 is 9.18 Å². The summed E-state index contributed by atoms with van der Waals surface area (Å²) >= 11 is 3.27. The molecule has 1 heterocycles. The molecule has 112 valence electrons. The maximum atomic E-state index is 13.1. The zero-order valence-electron chi connectivity index (χ0n) is 11.4. The van der Waals surface area contributed by atoms with Crippen molar-refractivity contribution in [2.24, 2.45) is 0 Å². The quantitative estimate of drug-likeness (QED) is 0.888. The maximum Gasteiger partial charge on any atom is 0.255 e. The van der Waals surface area contributed by atoms with Crippen LogP contribution >= 0.6 is 28.3 Å². The van der Waals surface area contributed by atoms with Crippen molar-refractivity contribution in [3.63, 3.8) is 0 Å². The van der Waals surface area contributed by atoms with E-state index in [-0.39, 0.29) is 30.2 Å². The third-order valence-corrected chi connectivity index (χ3v) is 4.02. The van der Waals surface area contributed by atoms with Gasteiger partial charge in [-0.1, -0.05) is 6.92 Å². The number of carbonyl (C=O) groups is 1. The molecule has 0 aliphatic carbocycles. The molecule has 3 nitrogen and oxygen atoms in total. The summed E-state index contributed by atoms with van der Waals surface area (Å²) in [5, 5.41) is 3.28. The summed E-state index contributed by atoms with van der Waals surface area (Å²) in [6.45, 7) is 4.57. The third-order valence-electron chi connectivity index (χ3n) is 3.36. The molecule has 1 fully saturated rings. The molecular weight excluding hydrogens is 347 g/mol. The fourth-order valence-corrected chi connectivity index (χ4v) is 2.93. The first-order valence-electron chi connectivity index (χ1n) is 6.60. The fraction of sp³-hybridized carbons (Fsp3) is 0.500. The smallest absolute Gasteiger partial charge is 0.255 e. The van der Waals surface area contributed by atoms with Gasteiger partial charge in [-0.05, 0) is 53.5 Å². The number of benzene rings is 1. The van der Waals surface area contributed by atoms with E-state index in [0.717, 1.165) is 32.5 Å². The maximum absolute atomic E-state index is 13.1. The Kier molecular flexibility index (Phi) is 6.92. The lowest BCUT2D eigenvalue weighted by Crippen LogP contribution is -2.42. The number of rotatable bonds is 4. The van der Waals surface area contributed by atoms with Crippen molar-refractivity contribution in [2.75, 3.05) is 19.6 Å². The van der Waals surface area contributed by atoms with Crippen LogP contribution in [-0.4, -0.2) is 36.5 Å². The molecule has 1 saturated heterocycles. The molecule has 1 unspecified atom stereocenters. The molecule has 0 spiro atoms. The molecule has 2 rings (SSSR count). The zero-order chi connectivity index (χ0) is 13.8. The molecule has 1 aliphatic rings. The summed E-state index contributed by atoms with van der Waals surface area (Å²) in [5.74, 6) is -0.365. The number of nitrogens with one attached hydrogen (secondary N) is 1. The van der Waals surface area contributed by atoms with Gasteiger partial charge in [-0.15, -0.1) is 12.4 Å². The zero-order valence-corrected chi connectivity index (χ0v) is 13.8. The van der Waals surface area contributed by atoms with E-state index in [4.69, 9.17) is 0 Å². The molecule has 1 N–H and O–H groups in total. The van der Waals surface area contributed by atoms with Crippen molar-refractivity contribution in [2.45, 2.75) is 25.8 Å². The van der Waals surface area contributed by atoms with Crippen LogP contribution in [0, 0.1) is 5.82 Å². The number of nitrogens with zero attached hydrogens (tertiary/aromatic N) is 1. The van der Waals surface area contributed by atoms with Crippen molar-refractivity contribution in [3.05, 3.63) is 34.1 Å². The van der Waals surface area contributed by atoms with Crippen molar-refractivity contribution in [3.8, 4) is 0 Å². The lowest BCUT2D eigenvalue weighted by molar-refractivity contribution is 0.0691. The van der Waals surface area contributed by atoms with E-state index < -0.39 is 0 Å². The second kappa shape index (κ2) is 7.96. The van der Waals surface area contributed by atoms with Gasteiger partial charge >= 0.3 is 0 Å². The van der Waals surface area contributed by atoms with Crippen LogP contribution in [0.4, 0.5) is 4.39 Å². The second-order valence-electron chi connectivity index (χ2n) is 4.77. The Morgan fingerprint density at radius 2 is 2.30 bits per heavy atom. The third kappa shape index (κ3) is 3.93. The lowest BCUT2D eigenvalue weighted by atomic mass is 10.1. The van der Waals surface area contributed by atoms with Crippen LogP contribution < -0.4 is 5.32 Å². The molecule has 1 amide bonds. The molecule has 0 aromatic heterocycles. The Morgan fingerprint density at radius 3 is 2.85 bits per heavy atom. The van der Waals surface area contributed by atoms with Gasteiger partial charge in [-0.3, -0.25) is 4.79 Å². The number of hydrogen-bond donors (Lipinski definition) is 1. The first-order chi connectivity index (χ1) is 9.13. The minimum atomic E-state index is -0.340. The van der Waals surface area contributed by atoms with Gasteiger partial charge in [0.2, 0.25) is 0 Å². The molecular formula is C14H19BrClFN2O. The monoisotopic (exact) mass is 364 g/mol. The molecule has 0 saturated carbocycles. The highest BCUT2D eigenvalue weighted by molar-refractivity contribution is 9.10. The van der Waals surface area contributed by atoms with E-state index in [1.165, 1.54) is 12.1 Å². The molecule has 1 aromatic rings. The minimum Gasteiger partial charge on any atom is -0.334 e. The Morgan fingerprint density at radius 1 is 1.55 bits per heavy atom. The van der Waals surface area contributed by atoms with Crippen LogP contribution in [0.25, 0.3) is 0 Å². The van der Waals surface area contributed by atoms with Gasteiger partial charge in [-0.25, -0.2) is 4.39 Å². The molecule has 1 atom stereocenters. The first-order valence-corrected chi connectivity index (χ1v) is 7.39. The van der Waals surface area contributed by atoms with Gasteiger partial charge in [0.25, 0.3) is 5.91 Å². The van der Waals surface area contributed by atoms with Gasteiger partial charge in [0, 0.05) is 23.6 Å². The van der Waals surface area contributed by atoms with Gasteiger partial charge in [0.15, 0.2) is 0 Å². The van der Waals surface area contributed by atoms with Crippen molar-refractivity contribution >= 4 is 34.2 Å². The topological polar surface area (TPSA) is 32.3 Å². The summed E-state index contributed by atoms with van der Waals surface area (Å²) in [6.07, 6.45) is 1.89. The number of amides is 1. The van der Waals surface area contributed by atoms with Gasteiger partial charge in [-0.2, -0.15) is 0 Å². The molecule has 0 radical (unpaired) electrons. The summed E-state index contributed by atoms with van der Waals surface area (Å²) in [5.41, 5.74) is 0.529. The normalized spacial score (nSPS) is 17.6. The highest BCUT2D eigenvalue weighted by Crippen LogP contribution is 2.22. The highest BCUT2D eigenvalue weighted by atomic mass is 79.9. The first kappa shape index (κ1) is 17.4. The van der Waals surface area contributed by atoms with Crippen LogP contribution in [0.3, 0.4) is 0 Å². The van der Waals surface area contributed by atoms with Crippen LogP contribution in [0.15, 0.2) is 22.7 Å². The molecule has 1 aromatic carbocycles. The second-order valence-corrected chi connectivity index (χ2v) is 5.62. The van der Waals surface area contributed by atoms with Crippen molar-refractivity contribution in [1.29, 1.82) is 0 Å². The molecule has 1 aliphatic heterocycles. The summed E-state index contributed by atoms with van der Waals surface area (Å²) < 4.78 is 13.6. The minimum absolute atomic E-state index is 0. The molecule has 0 bridgehead atoms. The van der Waals surface area contributed by atoms with E-state index in [9.17, 15) is 9.18 Å². The predicted molar refractivity (Wildman–Crippen MR) is 84.0 cm³/mol. The molecule has 20 heavy (non-hydrogen) atoms. The number of carbonyl (C=O) groups excluding carboxylic acids is 1. The van der Waals surface area contributed by atoms with E-state index in [1.54, 1.807) is 6.07 Å². The lowest BCUT2D eigenvalue weighted by Gasteiger charge is -2.28. The Bertz CT molecular complexity index is 466. The number of hydrogen-bond acceptors (Lipinski definition) is 2. The summed E-state index contributed by atoms with van der Waals surface area (Å²) in [6, 6.07) is 4.45. The standard InChI is InChI=1S/C14H18BrFN2O.ClH/c1-2-7-18(11-5-6-17-9-11)14(19)12-4-3-10(16)8-13(12)15;/h3-4,8,11,17H,2,5-7,9H2,1H3;1H. The van der Waals surface area contributed by atoms with Gasteiger partial charge < -0.3 is 10.2 Å². The largest absolute Gasteiger partial charge is 0.334 e. The highest BCUT2D eigenvalue weighted by Gasteiger charge is 2.27. The van der Waals surface area contributed by atoms with Gasteiger partial charge in [0.05, 0.1) is 5.56 Å². The van der Waals surface area contributed by atoms with E-state index in [0.29, 0.717) is 10.0 Å². The van der Waals surface area contributed by atoms with Gasteiger partial charge in [0.1, 0.15) is 5.82 Å². The van der Waals surface area contributed by atoms with Crippen LogP contribution in [0.2, 0.25) is 0 Å². The van der Waals surface area contributed by atoms with E-state index in [2.05, 4.69) is 28.2 Å². The summed E-state index contributed by atoms with van der Waals surface area (Å²) in [7, 11) is 0. The van der Waals surface area contributed by atoms with Crippen LogP contribution in [-0.2, 0) is 0 Å². The average molecular weight is 366 g/mol. The Balaban J connectivity index is 0.00000200. The van der Waals surface area contributed by atoms with E-state index >= 15 is 0 Å². The summed E-state index contributed by atoms with van der Waals surface area (Å²) in [4.78, 5) is 14.5. The van der Waals surface area contributed by atoms with Crippen LogP contribution in [0.5, 0.6) is 0 Å². The SMILES string of the molecule is CCCN(C(=O)c1ccc(F)cc1Br)C1CCNC1.Cl. The fourth-order valence-electron chi connectivity index (χ4n) is 2.41. The molecule has 6 heteroatoms.